The second-order valence-corrected chi connectivity index (χ2v) is 3.69. The van der Waals surface area contributed by atoms with Gasteiger partial charge in [-0.15, -0.1) is 4.90 Å². The summed E-state index contributed by atoms with van der Waals surface area (Å²) in [5.74, 6) is 0. The van der Waals surface area contributed by atoms with E-state index in [4.69, 9.17) is 0 Å². The van der Waals surface area contributed by atoms with Gasteiger partial charge in [-0.25, -0.2) is 0 Å². The zero-order valence-electron chi connectivity index (χ0n) is 10.1. The third-order valence-electron chi connectivity index (χ3n) is 1.80. The summed E-state index contributed by atoms with van der Waals surface area (Å²) < 4.78 is 144. The van der Waals surface area contributed by atoms with Gasteiger partial charge in [-0.3, -0.25) is 4.84 Å². The summed E-state index contributed by atoms with van der Waals surface area (Å²) in [6.45, 7) is -2.16. The molecule has 134 valence electrons. The summed E-state index contributed by atoms with van der Waals surface area (Å²) in [7, 11) is 0. The fourth-order valence-electron chi connectivity index (χ4n) is 1.08. The van der Waals surface area contributed by atoms with E-state index in [1.54, 1.807) is 0 Å². The van der Waals surface area contributed by atoms with Crippen molar-refractivity contribution >= 4 is 0 Å². The molecule has 0 rings (SSSR count). The van der Waals surface area contributed by atoms with Crippen molar-refractivity contribution in [2.45, 2.75) is 38.2 Å². The van der Waals surface area contributed by atoms with Crippen LogP contribution in [0.4, 0.5) is 52.7 Å². The highest BCUT2D eigenvalue weighted by Crippen LogP contribution is 2.36. The van der Waals surface area contributed by atoms with E-state index in [-0.39, 0.29) is 6.92 Å². The van der Waals surface area contributed by atoms with Gasteiger partial charge in [-0.1, -0.05) is 0 Å². The molecule has 0 saturated carbocycles. The van der Waals surface area contributed by atoms with Crippen molar-refractivity contribution in [2.24, 2.45) is 0 Å². The van der Waals surface area contributed by atoms with Crippen LogP contribution in [0.3, 0.4) is 0 Å². The molecule has 3 nitrogen and oxygen atoms in total. The third kappa shape index (κ3) is 6.43. The molecule has 22 heavy (non-hydrogen) atoms. The molecule has 1 unspecified atom stereocenters. The molecular formula is C7H6F12N2O. The van der Waals surface area contributed by atoms with Gasteiger partial charge in [0.25, 0.3) is 0 Å². The molecule has 0 radical (unpaired) electrons. The monoisotopic (exact) mass is 362 g/mol. The molecule has 1 atom stereocenters. The molecule has 15 heteroatoms. The lowest BCUT2D eigenvalue weighted by atomic mass is 10.4. The van der Waals surface area contributed by atoms with Gasteiger partial charge in [0.05, 0.1) is 6.10 Å². The maximum absolute atomic E-state index is 12.1. The zero-order chi connectivity index (χ0) is 18.1. The maximum Gasteiger partial charge on any atom is 0.490 e. The lowest BCUT2D eigenvalue weighted by Gasteiger charge is -2.32. The highest BCUT2D eigenvalue weighted by atomic mass is 19.4. The van der Waals surface area contributed by atoms with E-state index < -0.39 is 47.8 Å². The van der Waals surface area contributed by atoms with Crippen LogP contribution in [0.5, 0.6) is 0 Å². The molecule has 0 N–H and O–H groups in total. The Balaban J connectivity index is 5.15. The number of rotatable bonds is 4. The number of hydroxylamine groups is 2. The number of hydrogen-bond acceptors (Lipinski definition) is 3. The van der Waals surface area contributed by atoms with Crippen molar-refractivity contribution in [3.8, 4) is 0 Å². The minimum atomic E-state index is -6.21. The molecule has 0 aromatic rings. The second-order valence-electron chi connectivity index (χ2n) is 3.69. The average molecular weight is 362 g/mol. The summed E-state index contributed by atoms with van der Waals surface area (Å²) in [4.78, 5) is 0.929. The largest absolute Gasteiger partial charge is 0.490 e. The number of nitrogens with zero attached hydrogens (tertiary/aromatic N) is 2. The normalized spacial score (nSPS) is 16.5. The minimum absolute atomic E-state index is 0.176. The summed E-state index contributed by atoms with van der Waals surface area (Å²) in [5.41, 5.74) is 0. The summed E-state index contributed by atoms with van der Waals surface area (Å²) in [5, 5.41) is -2.59. The first-order chi connectivity index (χ1) is 9.37. The Morgan fingerprint density at radius 3 is 1.23 bits per heavy atom. The van der Waals surface area contributed by atoms with E-state index in [1.165, 1.54) is 0 Å². The number of alkyl halides is 12. The Labute approximate surface area is 114 Å². The van der Waals surface area contributed by atoms with Crippen molar-refractivity contribution in [2.75, 3.05) is 6.54 Å². The van der Waals surface area contributed by atoms with Crippen molar-refractivity contribution in [3.05, 3.63) is 0 Å². The third-order valence-corrected chi connectivity index (χ3v) is 1.80. The molecule has 0 aliphatic heterocycles. The SMILES string of the molecule is CC(CN(C(F)(F)F)C(F)(F)F)ON(C(F)(F)F)C(F)(F)F. The molecule has 0 saturated heterocycles. The van der Waals surface area contributed by atoms with Crippen molar-refractivity contribution in [1.82, 2.24) is 9.96 Å². The quantitative estimate of drug-likeness (QED) is 0.427. The maximum atomic E-state index is 12.1. The first-order valence-electron chi connectivity index (χ1n) is 4.88. The van der Waals surface area contributed by atoms with E-state index in [0.29, 0.717) is 0 Å². The van der Waals surface area contributed by atoms with Crippen LogP contribution in [0.1, 0.15) is 6.92 Å². The van der Waals surface area contributed by atoms with Crippen LogP contribution in [0, 0.1) is 0 Å². The van der Waals surface area contributed by atoms with E-state index in [9.17, 15) is 52.7 Å². The van der Waals surface area contributed by atoms with E-state index >= 15 is 0 Å². The Hall–Kier alpha value is -0.960. The van der Waals surface area contributed by atoms with Crippen LogP contribution < -0.4 is 0 Å². The first-order valence-corrected chi connectivity index (χ1v) is 4.88. The summed E-state index contributed by atoms with van der Waals surface area (Å²) in [6.07, 6.45) is -27.3. The van der Waals surface area contributed by atoms with E-state index in [1.807, 2.05) is 0 Å². The van der Waals surface area contributed by atoms with Crippen LogP contribution in [0.25, 0.3) is 0 Å². The molecule has 0 fully saturated rings. The number of hydrogen-bond donors (Lipinski definition) is 0. The molecule has 0 amide bonds. The zero-order valence-corrected chi connectivity index (χ0v) is 10.1. The molecule has 0 spiro atoms. The molecule has 0 aliphatic carbocycles. The Bertz CT molecular complexity index is 292. The molecular weight excluding hydrogens is 356 g/mol. The van der Waals surface area contributed by atoms with E-state index in [2.05, 4.69) is 4.84 Å². The highest BCUT2D eigenvalue weighted by molar-refractivity contribution is 4.68. The Morgan fingerprint density at radius 1 is 0.682 bits per heavy atom. The van der Waals surface area contributed by atoms with Crippen LogP contribution in [0.15, 0.2) is 0 Å². The Kier molecular flexibility index (Phi) is 6.00. The Morgan fingerprint density at radius 2 is 1.00 bits per heavy atom. The van der Waals surface area contributed by atoms with Gasteiger partial charge in [0.1, 0.15) is 0 Å². The number of halogens is 12. The van der Waals surface area contributed by atoms with Crippen LogP contribution in [-0.4, -0.2) is 47.8 Å². The van der Waals surface area contributed by atoms with Gasteiger partial charge in [-0.05, 0) is 6.92 Å². The second kappa shape index (κ2) is 6.27. The predicted molar refractivity (Wildman–Crippen MR) is 43.3 cm³/mol. The topological polar surface area (TPSA) is 15.7 Å². The fourth-order valence-corrected chi connectivity index (χ4v) is 1.08. The van der Waals surface area contributed by atoms with Gasteiger partial charge in [0.15, 0.2) is 0 Å². The predicted octanol–water partition coefficient (Wildman–Crippen LogP) is 3.99. The lowest BCUT2D eigenvalue weighted by Crippen LogP contribution is -2.54. The average Bonchev–Trinajstić information content (AvgIpc) is 2.15. The van der Waals surface area contributed by atoms with Crippen LogP contribution in [0.2, 0.25) is 0 Å². The smallest absolute Gasteiger partial charge is 0.280 e. The van der Waals surface area contributed by atoms with Crippen LogP contribution in [-0.2, 0) is 4.84 Å². The fraction of sp³-hybridized carbons (Fsp3) is 1.00. The van der Waals surface area contributed by atoms with Crippen molar-refractivity contribution in [1.29, 1.82) is 0 Å². The molecule has 0 aromatic carbocycles. The van der Waals surface area contributed by atoms with Gasteiger partial charge in [-0.2, -0.15) is 52.7 Å². The van der Waals surface area contributed by atoms with Crippen LogP contribution >= 0.6 is 0 Å². The minimum Gasteiger partial charge on any atom is -0.280 e. The standard InChI is InChI=1S/C7H6F12N2O/c1-3(2-20(4(8,9)10)5(11,12)13)22-21(6(14,15)16)7(17,18)19/h3H,2H2,1H3. The van der Waals surface area contributed by atoms with Gasteiger partial charge in [0.2, 0.25) is 0 Å². The molecule has 0 bridgehead atoms. The lowest BCUT2D eigenvalue weighted by molar-refractivity contribution is -0.493. The van der Waals surface area contributed by atoms with Crippen molar-refractivity contribution in [3.63, 3.8) is 0 Å². The first kappa shape index (κ1) is 21.0. The summed E-state index contributed by atoms with van der Waals surface area (Å²) in [6, 6.07) is 0. The van der Waals surface area contributed by atoms with Gasteiger partial charge < -0.3 is 0 Å². The summed E-state index contributed by atoms with van der Waals surface area (Å²) >= 11 is 0. The molecule has 0 aromatic heterocycles. The molecule has 0 heterocycles. The van der Waals surface area contributed by atoms with E-state index in [0.717, 1.165) is 0 Å². The van der Waals surface area contributed by atoms with Crippen molar-refractivity contribution < 1.29 is 57.5 Å². The van der Waals surface area contributed by atoms with Gasteiger partial charge in [0, 0.05) is 11.6 Å². The van der Waals surface area contributed by atoms with Gasteiger partial charge >= 0.3 is 25.2 Å². The molecule has 0 aliphatic rings. The highest BCUT2D eigenvalue weighted by Gasteiger charge is 2.58.